The molecule has 5 aliphatic rings. The fourth-order valence-corrected chi connectivity index (χ4v) is 7.84. The summed E-state index contributed by atoms with van der Waals surface area (Å²) in [7, 11) is 0. The van der Waals surface area contributed by atoms with Gasteiger partial charge >= 0.3 is 0 Å². The largest absolute Gasteiger partial charge is 0.367 e. The van der Waals surface area contributed by atoms with Crippen LogP contribution in [0.25, 0.3) is 16.7 Å². The van der Waals surface area contributed by atoms with Crippen LogP contribution in [0, 0.1) is 0 Å². The van der Waals surface area contributed by atoms with Crippen LogP contribution in [0.3, 0.4) is 0 Å². The van der Waals surface area contributed by atoms with E-state index in [1.165, 1.54) is 44.5 Å². The van der Waals surface area contributed by atoms with Crippen LogP contribution >= 0.6 is 0 Å². The summed E-state index contributed by atoms with van der Waals surface area (Å²) >= 11 is 0. The highest BCUT2D eigenvalue weighted by molar-refractivity contribution is 5.97. The standard InChI is InChI=1S/C35H34O2/c1-33(2)34(3,4)37-32-26(20-31(32)36-33)21-17-18-25-24-13-7-10-16-29(24)35(30(25)19-21)27-14-8-5-11-22(27)23-12-6-9-15-28(23)35/h5-8,10-14,16-19,26,31-32H,9,15,20H2,1-4H3. The van der Waals surface area contributed by atoms with Crippen LogP contribution in [0.2, 0.25) is 0 Å². The third-order valence-electron chi connectivity index (χ3n) is 10.3. The van der Waals surface area contributed by atoms with Gasteiger partial charge in [-0.05, 0) is 97.0 Å². The lowest BCUT2D eigenvalue weighted by Gasteiger charge is -2.58. The Hall–Kier alpha value is -2.94. The lowest BCUT2D eigenvalue weighted by atomic mass is 9.66. The number of hydrogen-bond acceptors (Lipinski definition) is 2. The molecule has 4 aliphatic carbocycles. The molecular formula is C35H34O2. The quantitative estimate of drug-likeness (QED) is 0.347. The summed E-state index contributed by atoms with van der Waals surface area (Å²) in [6, 6.07) is 25.5. The number of rotatable bonds is 1. The number of fused-ring (bicyclic) bond motifs is 10. The van der Waals surface area contributed by atoms with Gasteiger partial charge in [-0.1, -0.05) is 78.9 Å². The van der Waals surface area contributed by atoms with Crippen LogP contribution in [0.1, 0.15) is 80.7 Å². The highest BCUT2D eigenvalue weighted by atomic mass is 16.6. The number of ether oxygens (including phenoxy) is 2. The molecule has 8 rings (SSSR count). The van der Waals surface area contributed by atoms with Crippen molar-refractivity contribution in [2.45, 2.75) is 81.7 Å². The second kappa shape index (κ2) is 7.12. The highest BCUT2D eigenvalue weighted by Gasteiger charge is 2.58. The van der Waals surface area contributed by atoms with Gasteiger partial charge in [0.05, 0.1) is 28.8 Å². The van der Waals surface area contributed by atoms with Gasteiger partial charge in [0.2, 0.25) is 0 Å². The Bertz CT molecular complexity index is 1540. The maximum atomic E-state index is 6.75. The van der Waals surface area contributed by atoms with Crippen LogP contribution < -0.4 is 0 Å². The predicted molar refractivity (Wildman–Crippen MR) is 149 cm³/mol. The monoisotopic (exact) mass is 486 g/mol. The topological polar surface area (TPSA) is 18.5 Å². The molecule has 2 nitrogen and oxygen atoms in total. The van der Waals surface area contributed by atoms with E-state index in [0.29, 0.717) is 5.92 Å². The maximum absolute atomic E-state index is 6.75. The van der Waals surface area contributed by atoms with Crippen molar-refractivity contribution in [1.29, 1.82) is 0 Å². The van der Waals surface area contributed by atoms with E-state index in [1.807, 2.05) is 0 Å². The molecule has 3 aromatic rings. The minimum Gasteiger partial charge on any atom is -0.367 e. The van der Waals surface area contributed by atoms with Crippen LogP contribution in [0.4, 0.5) is 0 Å². The molecule has 1 aliphatic heterocycles. The van der Waals surface area contributed by atoms with Crippen molar-refractivity contribution in [1.82, 2.24) is 0 Å². The minimum absolute atomic E-state index is 0.115. The maximum Gasteiger partial charge on any atom is 0.0915 e. The Morgan fingerprint density at radius 1 is 0.730 bits per heavy atom. The molecule has 0 bridgehead atoms. The van der Waals surface area contributed by atoms with Gasteiger partial charge in [0.15, 0.2) is 0 Å². The Kier molecular flexibility index (Phi) is 4.25. The molecule has 37 heavy (non-hydrogen) atoms. The van der Waals surface area contributed by atoms with Crippen molar-refractivity contribution in [2.75, 3.05) is 0 Å². The third kappa shape index (κ3) is 2.63. The van der Waals surface area contributed by atoms with Crippen LogP contribution in [0.5, 0.6) is 0 Å². The first-order valence-corrected chi connectivity index (χ1v) is 13.9. The van der Waals surface area contributed by atoms with E-state index < -0.39 is 0 Å². The summed E-state index contributed by atoms with van der Waals surface area (Å²) in [5, 5.41) is 0. The summed E-state index contributed by atoms with van der Waals surface area (Å²) in [4.78, 5) is 0. The number of hydrogen-bond donors (Lipinski definition) is 0. The summed E-state index contributed by atoms with van der Waals surface area (Å²) in [5.74, 6) is 0.364. The average molecular weight is 487 g/mol. The van der Waals surface area contributed by atoms with E-state index in [-0.39, 0.29) is 28.8 Å². The van der Waals surface area contributed by atoms with Crippen LogP contribution in [0.15, 0.2) is 84.5 Å². The van der Waals surface area contributed by atoms with Crippen molar-refractivity contribution in [3.8, 4) is 11.1 Å². The zero-order valence-corrected chi connectivity index (χ0v) is 22.2. The molecule has 0 amide bonds. The second-order valence-electron chi connectivity index (χ2n) is 12.6. The van der Waals surface area contributed by atoms with E-state index in [0.717, 1.165) is 19.3 Å². The van der Waals surface area contributed by atoms with E-state index in [9.17, 15) is 0 Å². The number of benzene rings is 3. The smallest absolute Gasteiger partial charge is 0.0915 e. The summed E-state index contributed by atoms with van der Waals surface area (Å²) < 4.78 is 13.3. The first-order chi connectivity index (χ1) is 17.8. The van der Waals surface area contributed by atoms with E-state index >= 15 is 0 Å². The molecule has 186 valence electrons. The SMILES string of the molecule is CC1(C)OC2CC(c3ccc4c(c3)C3(C5=C(C=CCC5)c5ccccc53)c3ccccc3-4)C2OC1(C)C. The van der Waals surface area contributed by atoms with Gasteiger partial charge in [-0.2, -0.15) is 0 Å². The van der Waals surface area contributed by atoms with Crippen molar-refractivity contribution >= 4 is 5.57 Å². The second-order valence-corrected chi connectivity index (χ2v) is 12.6. The predicted octanol–water partition coefficient (Wildman–Crippen LogP) is 7.95. The van der Waals surface area contributed by atoms with Gasteiger partial charge in [0.1, 0.15) is 0 Å². The Labute approximate surface area is 220 Å². The first kappa shape index (κ1) is 22.1. The van der Waals surface area contributed by atoms with Gasteiger partial charge in [-0.15, -0.1) is 0 Å². The summed E-state index contributed by atoms with van der Waals surface area (Å²) in [5.41, 5.74) is 12.1. The normalized spacial score (nSPS) is 31.3. The Balaban J connectivity index is 1.32. The van der Waals surface area contributed by atoms with Gasteiger partial charge in [-0.3, -0.25) is 0 Å². The zero-order chi connectivity index (χ0) is 25.2. The van der Waals surface area contributed by atoms with Gasteiger partial charge in [0, 0.05) is 5.92 Å². The molecule has 2 heteroatoms. The van der Waals surface area contributed by atoms with Crippen molar-refractivity contribution in [3.05, 3.63) is 112 Å². The Morgan fingerprint density at radius 3 is 2.22 bits per heavy atom. The fraction of sp³-hybridized carbons (Fsp3) is 0.371. The molecule has 1 spiro atoms. The van der Waals surface area contributed by atoms with E-state index in [1.54, 1.807) is 5.57 Å². The van der Waals surface area contributed by atoms with Gasteiger partial charge in [-0.25, -0.2) is 0 Å². The third-order valence-corrected chi connectivity index (χ3v) is 10.3. The summed E-state index contributed by atoms with van der Waals surface area (Å²) in [6.45, 7) is 8.67. The van der Waals surface area contributed by atoms with Crippen molar-refractivity contribution in [3.63, 3.8) is 0 Å². The molecule has 4 unspecified atom stereocenters. The molecule has 1 saturated heterocycles. The van der Waals surface area contributed by atoms with Crippen LogP contribution in [-0.4, -0.2) is 23.4 Å². The molecule has 2 fully saturated rings. The lowest BCUT2D eigenvalue weighted by molar-refractivity contribution is -0.328. The molecule has 1 saturated carbocycles. The fourth-order valence-electron chi connectivity index (χ4n) is 7.84. The van der Waals surface area contributed by atoms with Gasteiger partial charge < -0.3 is 9.47 Å². The van der Waals surface area contributed by atoms with Crippen LogP contribution in [-0.2, 0) is 14.9 Å². The Morgan fingerprint density at radius 2 is 1.41 bits per heavy atom. The molecule has 0 N–H and O–H groups in total. The van der Waals surface area contributed by atoms with Crippen molar-refractivity contribution < 1.29 is 9.47 Å². The first-order valence-electron chi connectivity index (χ1n) is 13.9. The molecule has 0 radical (unpaired) electrons. The molecule has 1 heterocycles. The minimum atomic E-state index is -0.320. The van der Waals surface area contributed by atoms with E-state index in [2.05, 4.69) is 107 Å². The average Bonchev–Trinajstić information content (AvgIpc) is 3.36. The molecule has 0 aromatic heterocycles. The summed E-state index contributed by atoms with van der Waals surface area (Å²) in [6.07, 6.45) is 8.26. The lowest BCUT2D eigenvalue weighted by Crippen LogP contribution is -2.66. The molecular weight excluding hydrogens is 452 g/mol. The highest BCUT2D eigenvalue weighted by Crippen LogP contribution is 2.64. The van der Waals surface area contributed by atoms with E-state index in [4.69, 9.17) is 9.47 Å². The number of allylic oxidation sites excluding steroid dienone is 4. The van der Waals surface area contributed by atoms with Crippen molar-refractivity contribution in [2.24, 2.45) is 0 Å². The molecule has 3 aromatic carbocycles. The molecule has 4 atom stereocenters. The zero-order valence-electron chi connectivity index (χ0n) is 22.2. The van der Waals surface area contributed by atoms with Gasteiger partial charge in [0.25, 0.3) is 0 Å².